The van der Waals surface area contributed by atoms with E-state index in [-0.39, 0.29) is 12.5 Å². The average Bonchev–Trinajstić information content (AvgIpc) is 3.03. The normalized spacial score (nSPS) is 21.2. The van der Waals surface area contributed by atoms with E-state index in [0.717, 1.165) is 51.4 Å². The molecular formula is C19H32N4O2. The lowest BCUT2D eigenvalue weighted by atomic mass is 9.72. The van der Waals surface area contributed by atoms with E-state index in [1.165, 1.54) is 12.8 Å². The first kappa shape index (κ1) is 18.4. The van der Waals surface area contributed by atoms with Gasteiger partial charge in [-0.15, -0.1) is 0 Å². The van der Waals surface area contributed by atoms with Crippen molar-refractivity contribution in [3.8, 4) is 0 Å². The van der Waals surface area contributed by atoms with E-state index in [9.17, 15) is 4.79 Å². The van der Waals surface area contributed by atoms with Crippen LogP contribution in [-0.4, -0.2) is 69.7 Å². The maximum Gasteiger partial charge on any atom is 0.222 e. The number of amides is 1. The SMILES string of the molecule is Cc1nccn1CCCN1CCC2(CCC(=O)N(CCCO)C2)CC1. The number of aliphatic hydroxyl groups is 1. The number of rotatable bonds is 7. The highest BCUT2D eigenvalue weighted by atomic mass is 16.3. The highest BCUT2D eigenvalue weighted by Crippen LogP contribution is 2.40. The van der Waals surface area contributed by atoms with Gasteiger partial charge in [0.05, 0.1) is 0 Å². The van der Waals surface area contributed by atoms with Gasteiger partial charge in [0.15, 0.2) is 0 Å². The zero-order chi connectivity index (χ0) is 17.7. The van der Waals surface area contributed by atoms with Gasteiger partial charge in [-0.05, 0) is 64.1 Å². The molecule has 3 rings (SSSR count). The smallest absolute Gasteiger partial charge is 0.222 e. The lowest BCUT2D eigenvalue weighted by molar-refractivity contribution is -0.139. The number of hydrogen-bond acceptors (Lipinski definition) is 4. The maximum atomic E-state index is 12.1. The third-order valence-corrected chi connectivity index (χ3v) is 6.05. The molecule has 25 heavy (non-hydrogen) atoms. The minimum absolute atomic E-state index is 0.168. The molecule has 0 aromatic carbocycles. The van der Waals surface area contributed by atoms with Gasteiger partial charge in [-0.1, -0.05) is 0 Å². The molecule has 0 atom stereocenters. The van der Waals surface area contributed by atoms with E-state index >= 15 is 0 Å². The third-order valence-electron chi connectivity index (χ3n) is 6.05. The molecule has 1 spiro atoms. The molecule has 0 unspecified atom stereocenters. The summed E-state index contributed by atoms with van der Waals surface area (Å²) in [5.74, 6) is 1.37. The molecule has 0 bridgehead atoms. The Morgan fingerprint density at radius 3 is 2.64 bits per heavy atom. The van der Waals surface area contributed by atoms with Crippen molar-refractivity contribution in [1.29, 1.82) is 0 Å². The first-order valence-corrected chi connectivity index (χ1v) is 9.71. The van der Waals surface area contributed by atoms with Crippen LogP contribution in [0.4, 0.5) is 0 Å². The topological polar surface area (TPSA) is 61.6 Å². The Hall–Kier alpha value is -1.40. The summed E-state index contributed by atoms with van der Waals surface area (Å²) in [5, 5.41) is 9.04. The van der Waals surface area contributed by atoms with Gasteiger partial charge in [0.25, 0.3) is 0 Å². The Morgan fingerprint density at radius 1 is 1.16 bits per heavy atom. The van der Waals surface area contributed by atoms with E-state index in [1.54, 1.807) is 0 Å². The number of nitrogens with zero attached hydrogens (tertiary/aromatic N) is 4. The predicted molar refractivity (Wildman–Crippen MR) is 97.2 cm³/mol. The third kappa shape index (κ3) is 4.61. The molecule has 0 aliphatic carbocycles. The van der Waals surface area contributed by atoms with Crippen LogP contribution < -0.4 is 0 Å². The van der Waals surface area contributed by atoms with Crippen LogP contribution >= 0.6 is 0 Å². The summed E-state index contributed by atoms with van der Waals surface area (Å²) < 4.78 is 2.22. The van der Waals surface area contributed by atoms with E-state index in [0.29, 0.717) is 24.8 Å². The lowest BCUT2D eigenvalue weighted by Crippen LogP contribution is -2.51. The Labute approximate surface area is 150 Å². The van der Waals surface area contributed by atoms with Crippen molar-refractivity contribution in [2.75, 3.05) is 39.3 Å². The van der Waals surface area contributed by atoms with Gasteiger partial charge in [0, 0.05) is 45.1 Å². The van der Waals surface area contributed by atoms with Crippen LogP contribution in [0.3, 0.4) is 0 Å². The summed E-state index contributed by atoms with van der Waals surface area (Å²) in [6.45, 7) is 8.30. The van der Waals surface area contributed by atoms with Gasteiger partial charge in [-0.3, -0.25) is 4.79 Å². The number of aromatic nitrogens is 2. The zero-order valence-corrected chi connectivity index (χ0v) is 15.5. The standard InChI is InChI=1S/C19H32N4O2/c1-17-20-8-14-22(17)10-2-9-21-12-6-19(7-13-21)5-4-18(25)23(16-19)11-3-15-24/h8,14,24H,2-7,9-13,15-16H2,1H3. The summed E-state index contributed by atoms with van der Waals surface area (Å²) in [6, 6.07) is 0. The Bertz CT molecular complexity index is 564. The van der Waals surface area contributed by atoms with Crippen molar-refractivity contribution in [3.05, 3.63) is 18.2 Å². The van der Waals surface area contributed by atoms with Gasteiger partial charge in [0.2, 0.25) is 5.91 Å². The molecule has 1 N–H and O–H groups in total. The van der Waals surface area contributed by atoms with Gasteiger partial charge in [0.1, 0.15) is 5.82 Å². The molecule has 3 heterocycles. The van der Waals surface area contributed by atoms with Crippen LogP contribution in [0, 0.1) is 12.3 Å². The number of aryl methyl sites for hydroxylation is 2. The van der Waals surface area contributed by atoms with Crippen LogP contribution in [0.15, 0.2) is 12.4 Å². The molecular weight excluding hydrogens is 316 g/mol. The highest BCUT2D eigenvalue weighted by Gasteiger charge is 2.40. The minimum atomic E-state index is 0.168. The summed E-state index contributed by atoms with van der Waals surface area (Å²) in [6.07, 6.45) is 9.90. The number of hydrogen-bond donors (Lipinski definition) is 1. The van der Waals surface area contributed by atoms with Crippen molar-refractivity contribution < 1.29 is 9.90 Å². The molecule has 6 nitrogen and oxygen atoms in total. The molecule has 2 fully saturated rings. The fourth-order valence-electron chi connectivity index (χ4n) is 4.33. The first-order valence-electron chi connectivity index (χ1n) is 9.71. The Kier molecular flexibility index (Phi) is 6.12. The fraction of sp³-hybridized carbons (Fsp3) is 0.789. The van der Waals surface area contributed by atoms with Crippen LogP contribution in [0.2, 0.25) is 0 Å². The van der Waals surface area contributed by atoms with Crippen LogP contribution in [0.25, 0.3) is 0 Å². The fourth-order valence-corrected chi connectivity index (χ4v) is 4.33. The number of carbonyl (C=O) groups is 1. The van der Waals surface area contributed by atoms with Crippen molar-refractivity contribution in [3.63, 3.8) is 0 Å². The van der Waals surface area contributed by atoms with Gasteiger partial charge in [-0.25, -0.2) is 4.98 Å². The van der Waals surface area contributed by atoms with Gasteiger partial charge in [-0.2, -0.15) is 0 Å². The molecule has 0 radical (unpaired) electrons. The Morgan fingerprint density at radius 2 is 1.96 bits per heavy atom. The minimum Gasteiger partial charge on any atom is -0.396 e. The molecule has 2 saturated heterocycles. The molecule has 2 aliphatic heterocycles. The van der Waals surface area contributed by atoms with E-state index in [4.69, 9.17) is 5.11 Å². The number of imidazole rings is 1. The summed E-state index contributed by atoms with van der Waals surface area (Å²) in [4.78, 5) is 20.9. The monoisotopic (exact) mass is 348 g/mol. The van der Waals surface area contributed by atoms with E-state index < -0.39 is 0 Å². The van der Waals surface area contributed by atoms with E-state index in [1.807, 2.05) is 11.1 Å². The summed E-state index contributed by atoms with van der Waals surface area (Å²) >= 11 is 0. The van der Waals surface area contributed by atoms with Gasteiger partial charge < -0.3 is 19.5 Å². The van der Waals surface area contributed by atoms with Crippen molar-refractivity contribution in [1.82, 2.24) is 19.4 Å². The number of piperidine rings is 2. The summed E-state index contributed by atoms with van der Waals surface area (Å²) in [5.41, 5.74) is 0.320. The molecule has 2 aliphatic rings. The van der Waals surface area contributed by atoms with Gasteiger partial charge >= 0.3 is 0 Å². The second kappa shape index (κ2) is 8.32. The molecule has 1 aromatic rings. The molecule has 140 valence electrons. The second-order valence-electron chi connectivity index (χ2n) is 7.76. The lowest BCUT2D eigenvalue weighted by Gasteiger charge is -2.47. The second-order valence-corrected chi connectivity index (χ2v) is 7.76. The van der Waals surface area contributed by atoms with Crippen LogP contribution in [0.5, 0.6) is 0 Å². The van der Waals surface area contributed by atoms with Crippen LogP contribution in [0.1, 0.15) is 44.3 Å². The van der Waals surface area contributed by atoms with Crippen molar-refractivity contribution >= 4 is 5.91 Å². The summed E-state index contributed by atoms with van der Waals surface area (Å²) in [7, 11) is 0. The first-order chi connectivity index (χ1) is 12.1. The quantitative estimate of drug-likeness (QED) is 0.814. The van der Waals surface area contributed by atoms with E-state index in [2.05, 4.69) is 27.6 Å². The maximum absolute atomic E-state index is 12.1. The predicted octanol–water partition coefficient (Wildman–Crippen LogP) is 1.67. The highest BCUT2D eigenvalue weighted by molar-refractivity contribution is 5.77. The molecule has 0 saturated carbocycles. The Balaban J connectivity index is 1.43. The molecule has 6 heteroatoms. The van der Waals surface area contributed by atoms with Crippen LogP contribution in [-0.2, 0) is 11.3 Å². The van der Waals surface area contributed by atoms with Crippen molar-refractivity contribution in [2.45, 2.75) is 52.0 Å². The molecule has 1 amide bonds. The number of carbonyl (C=O) groups excluding carboxylic acids is 1. The molecule has 1 aromatic heterocycles. The number of aliphatic hydroxyl groups excluding tert-OH is 1. The average molecular weight is 348 g/mol. The van der Waals surface area contributed by atoms with Crippen molar-refractivity contribution in [2.24, 2.45) is 5.41 Å². The largest absolute Gasteiger partial charge is 0.396 e. The zero-order valence-electron chi connectivity index (χ0n) is 15.5. The number of likely N-dealkylation sites (tertiary alicyclic amines) is 2.